The number of nitrogens with one attached hydrogen (secondary N) is 2. The van der Waals surface area contributed by atoms with Gasteiger partial charge in [-0.15, -0.1) is 0 Å². The highest BCUT2D eigenvalue weighted by molar-refractivity contribution is 6.35. The second kappa shape index (κ2) is 10.8. The number of rotatable bonds is 5. The lowest BCUT2D eigenvalue weighted by atomic mass is 10.1. The number of phenols is 1. The van der Waals surface area contributed by atoms with E-state index in [1.54, 1.807) is 42.5 Å². The van der Waals surface area contributed by atoms with Crippen molar-refractivity contribution in [3.63, 3.8) is 0 Å². The Morgan fingerprint density at radius 3 is 2.07 bits per heavy atom. The number of anilines is 3. The first kappa shape index (κ1) is 21.9. The van der Waals surface area contributed by atoms with Crippen molar-refractivity contribution in [1.29, 1.82) is 0 Å². The number of aldehydes is 1. The van der Waals surface area contributed by atoms with Gasteiger partial charge in [-0.2, -0.15) is 0 Å². The molecule has 0 bridgehead atoms. The van der Waals surface area contributed by atoms with Gasteiger partial charge in [0.05, 0.1) is 0 Å². The smallest absolute Gasteiger partial charge is 0.124 e. The third-order valence-electron chi connectivity index (χ3n) is 3.67. The van der Waals surface area contributed by atoms with Crippen molar-refractivity contribution in [3.05, 3.63) is 81.3 Å². The van der Waals surface area contributed by atoms with E-state index < -0.39 is 0 Å². The third kappa shape index (κ3) is 6.97. The largest absolute Gasteiger partial charge is 0.508 e. The highest BCUT2D eigenvalue weighted by atomic mass is 35.5. The van der Waals surface area contributed by atoms with E-state index in [2.05, 4.69) is 10.6 Å². The van der Waals surface area contributed by atoms with Crippen molar-refractivity contribution in [2.24, 2.45) is 0 Å². The molecule has 3 rings (SSSR count). The standard InChI is InChI=1S/C14H12ClNO2.C7H7Cl2N/c15-11-1-6-14(10(9-11)7-8-17)16-12-2-4-13(18)5-3-12;1-10-7-3-5(8)2-6(9)4-7/h1-6,8-9,16,18H,7H2;2-4,10H,1H3. The molecule has 0 radical (unpaired) electrons. The summed E-state index contributed by atoms with van der Waals surface area (Å²) in [5, 5.41) is 17.2. The summed E-state index contributed by atoms with van der Waals surface area (Å²) in [5.74, 6) is 0.213. The first-order valence-corrected chi connectivity index (χ1v) is 9.46. The third-order valence-corrected chi connectivity index (χ3v) is 4.34. The number of hydrogen-bond donors (Lipinski definition) is 3. The van der Waals surface area contributed by atoms with Crippen molar-refractivity contribution < 1.29 is 9.90 Å². The van der Waals surface area contributed by atoms with Crippen LogP contribution < -0.4 is 10.6 Å². The molecule has 0 aliphatic heterocycles. The second-order valence-corrected chi connectivity index (χ2v) is 7.06. The fourth-order valence-corrected chi connectivity index (χ4v) is 3.06. The Labute approximate surface area is 179 Å². The Hall–Kier alpha value is -2.40. The van der Waals surface area contributed by atoms with Gasteiger partial charge in [0, 0.05) is 45.6 Å². The molecular formula is C21H19Cl3N2O2. The van der Waals surface area contributed by atoms with E-state index in [4.69, 9.17) is 34.8 Å². The van der Waals surface area contributed by atoms with Crippen molar-refractivity contribution in [2.45, 2.75) is 6.42 Å². The predicted molar refractivity (Wildman–Crippen MR) is 119 cm³/mol. The maximum Gasteiger partial charge on any atom is 0.124 e. The molecule has 0 aromatic heterocycles. The minimum atomic E-state index is 0.213. The summed E-state index contributed by atoms with van der Waals surface area (Å²) in [4.78, 5) is 10.6. The van der Waals surface area contributed by atoms with E-state index in [9.17, 15) is 9.90 Å². The summed E-state index contributed by atoms with van der Waals surface area (Å²) in [6.45, 7) is 0. The number of hydrogen-bond acceptors (Lipinski definition) is 4. The normalized spacial score (nSPS) is 9.86. The number of aromatic hydroxyl groups is 1. The quantitative estimate of drug-likeness (QED) is 0.312. The van der Waals surface area contributed by atoms with Gasteiger partial charge >= 0.3 is 0 Å². The minimum absolute atomic E-state index is 0.213. The highest BCUT2D eigenvalue weighted by Gasteiger charge is 2.04. The predicted octanol–water partition coefficient (Wildman–Crippen LogP) is 6.57. The number of carbonyl (C=O) groups excluding carboxylic acids is 1. The molecule has 0 saturated heterocycles. The minimum Gasteiger partial charge on any atom is -0.508 e. The van der Waals surface area contributed by atoms with Crippen LogP contribution in [0.4, 0.5) is 17.1 Å². The van der Waals surface area contributed by atoms with Crippen molar-refractivity contribution in [1.82, 2.24) is 0 Å². The van der Waals surface area contributed by atoms with Crippen molar-refractivity contribution in [3.8, 4) is 5.75 Å². The summed E-state index contributed by atoms with van der Waals surface area (Å²) >= 11 is 17.3. The Balaban J connectivity index is 0.000000237. The topological polar surface area (TPSA) is 61.4 Å². The van der Waals surface area contributed by atoms with Gasteiger partial charge < -0.3 is 20.5 Å². The molecule has 4 nitrogen and oxygen atoms in total. The van der Waals surface area contributed by atoms with Crippen LogP contribution in [-0.4, -0.2) is 18.4 Å². The van der Waals surface area contributed by atoms with Gasteiger partial charge in [0.15, 0.2) is 0 Å². The molecule has 0 amide bonds. The van der Waals surface area contributed by atoms with Gasteiger partial charge in [0.1, 0.15) is 12.0 Å². The van der Waals surface area contributed by atoms with Gasteiger partial charge in [-0.1, -0.05) is 34.8 Å². The molecule has 146 valence electrons. The Bertz CT molecular complexity index is 911. The first-order chi connectivity index (χ1) is 13.4. The average Bonchev–Trinajstić information content (AvgIpc) is 2.65. The molecular weight excluding hydrogens is 419 g/mol. The average molecular weight is 438 g/mol. The Morgan fingerprint density at radius 2 is 1.50 bits per heavy atom. The van der Waals surface area contributed by atoms with Gasteiger partial charge in [0.25, 0.3) is 0 Å². The lowest BCUT2D eigenvalue weighted by Gasteiger charge is -2.11. The maximum atomic E-state index is 10.6. The van der Waals surface area contributed by atoms with Crippen LogP contribution in [0.1, 0.15) is 5.56 Å². The van der Waals surface area contributed by atoms with Crippen LogP contribution in [0.15, 0.2) is 60.7 Å². The fourth-order valence-electron chi connectivity index (χ4n) is 2.34. The van der Waals surface area contributed by atoms with Crippen molar-refractivity contribution >= 4 is 58.2 Å². The van der Waals surface area contributed by atoms with Gasteiger partial charge in [-0.25, -0.2) is 0 Å². The molecule has 3 aromatic rings. The van der Waals surface area contributed by atoms with Crippen LogP contribution in [-0.2, 0) is 11.2 Å². The molecule has 28 heavy (non-hydrogen) atoms. The molecule has 0 saturated carbocycles. The monoisotopic (exact) mass is 436 g/mol. The summed E-state index contributed by atoms with van der Waals surface area (Å²) < 4.78 is 0. The van der Waals surface area contributed by atoms with E-state index in [0.717, 1.165) is 28.9 Å². The number of benzene rings is 3. The first-order valence-electron chi connectivity index (χ1n) is 8.33. The molecule has 0 aliphatic carbocycles. The molecule has 0 fully saturated rings. The zero-order chi connectivity index (χ0) is 20.5. The van der Waals surface area contributed by atoms with E-state index in [0.29, 0.717) is 21.5 Å². The fraction of sp³-hybridized carbons (Fsp3) is 0.0952. The van der Waals surface area contributed by atoms with Crippen LogP contribution in [0.2, 0.25) is 15.1 Å². The summed E-state index contributed by atoms with van der Waals surface area (Å²) in [6.07, 6.45) is 1.15. The zero-order valence-electron chi connectivity index (χ0n) is 15.0. The number of phenolic OH excluding ortho intramolecular Hbond substituents is 1. The molecule has 0 spiro atoms. The Morgan fingerprint density at radius 1 is 0.857 bits per heavy atom. The molecule has 7 heteroatoms. The molecule has 0 unspecified atom stereocenters. The van der Waals surface area contributed by atoms with Crippen LogP contribution in [0, 0.1) is 0 Å². The van der Waals surface area contributed by atoms with E-state index in [-0.39, 0.29) is 5.75 Å². The molecule has 3 aromatic carbocycles. The molecule has 0 heterocycles. The summed E-state index contributed by atoms with van der Waals surface area (Å²) in [7, 11) is 1.82. The molecule has 0 aliphatic rings. The Kier molecular flexibility index (Phi) is 8.45. The van der Waals surface area contributed by atoms with Crippen molar-refractivity contribution in [2.75, 3.05) is 17.7 Å². The SMILES string of the molecule is CNc1cc(Cl)cc(Cl)c1.O=CCc1cc(Cl)ccc1Nc1ccc(O)cc1. The maximum absolute atomic E-state index is 10.6. The van der Waals surface area contributed by atoms with Gasteiger partial charge in [-0.05, 0) is 66.2 Å². The second-order valence-electron chi connectivity index (χ2n) is 5.75. The molecule has 3 N–H and O–H groups in total. The van der Waals surface area contributed by atoms with Crippen LogP contribution in [0.3, 0.4) is 0 Å². The highest BCUT2D eigenvalue weighted by Crippen LogP contribution is 2.25. The molecule has 0 atom stereocenters. The number of carbonyl (C=O) groups is 1. The van der Waals surface area contributed by atoms with Gasteiger partial charge in [0.2, 0.25) is 0 Å². The lowest BCUT2D eigenvalue weighted by molar-refractivity contribution is -0.107. The van der Waals surface area contributed by atoms with Gasteiger partial charge in [-0.3, -0.25) is 0 Å². The summed E-state index contributed by atoms with van der Waals surface area (Å²) in [5.41, 5.74) is 3.43. The van der Waals surface area contributed by atoms with E-state index in [1.807, 2.05) is 25.2 Å². The summed E-state index contributed by atoms with van der Waals surface area (Å²) in [6, 6.07) is 17.4. The van der Waals surface area contributed by atoms with Crippen LogP contribution in [0.25, 0.3) is 0 Å². The van der Waals surface area contributed by atoms with Crippen LogP contribution in [0.5, 0.6) is 5.75 Å². The number of halogens is 3. The van der Waals surface area contributed by atoms with E-state index >= 15 is 0 Å². The lowest BCUT2D eigenvalue weighted by Crippen LogP contribution is -1.96. The van der Waals surface area contributed by atoms with Crippen LogP contribution >= 0.6 is 34.8 Å². The van der Waals surface area contributed by atoms with E-state index in [1.165, 1.54) is 0 Å². The zero-order valence-corrected chi connectivity index (χ0v) is 17.3.